The lowest BCUT2D eigenvalue weighted by atomic mass is 9.73. The maximum atomic E-state index is 10.7. The van der Waals surface area contributed by atoms with E-state index in [1.165, 1.54) is 0 Å². The fraction of sp³-hybridized carbons (Fsp3) is 0.900. The molecule has 0 amide bonds. The van der Waals surface area contributed by atoms with Gasteiger partial charge in [0.1, 0.15) is 0 Å². The number of hydrogen-bond acceptors (Lipinski definition) is 2. The maximum Gasteiger partial charge on any atom is 0.306 e. The fourth-order valence-corrected chi connectivity index (χ4v) is 1.94. The Balaban J connectivity index is 0.00000169. The molecule has 2 N–H and O–H groups in total. The van der Waals surface area contributed by atoms with Crippen molar-refractivity contribution in [1.82, 2.24) is 0 Å². The van der Waals surface area contributed by atoms with E-state index in [1.807, 2.05) is 13.8 Å². The highest BCUT2D eigenvalue weighted by Gasteiger charge is 2.37. The second-order valence-corrected chi connectivity index (χ2v) is 4.37. The third-order valence-corrected chi connectivity index (χ3v) is 3.28. The summed E-state index contributed by atoms with van der Waals surface area (Å²) in [5.41, 5.74) is -0.619. The molecule has 1 aliphatic carbocycles. The number of rotatable bonds is 2. The minimum absolute atomic E-state index is 0. The van der Waals surface area contributed by atoms with E-state index in [4.69, 9.17) is 5.11 Å². The third-order valence-electron chi connectivity index (χ3n) is 3.28. The van der Waals surface area contributed by atoms with Crippen LogP contribution in [0.3, 0.4) is 0 Å². The first-order valence-electron chi connectivity index (χ1n) is 4.91. The summed E-state index contributed by atoms with van der Waals surface area (Å²) in [6.45, 7) is 3.97. The molecule has 1 aliphatic rings. The monoisotopic (exact) mass is 188 g/mol. The quantitative estimate of drug-likeness (QED) is 0.695. The first-order valence-corrected chi connectivity index (χ1v) is 4.91. The van der Waals surface area contributed by atoms with Gasteiger partial charge in [-0.1, -0.05) is 13.8 Å². The van der Waals surface area contributed by atoms with Gasteiger partial charge in [-0.25, -0.2) is 0 Å². The highest BCUT2D eigenvalue weighted by Crippen LogP contribution is 2.36. The summed E-state index contributed by atoms with van der Waals surface area (Å²) in [6.07, 6.45) is 2.48. The van der Waals surface area contributed by atoms with E-state index in [0.29, 0.717) is 25.7 Å². The molecule has 3 nitrogen and oxygen atoms in total. The topological polar surface area (TPSA) is 57.5 Å². The molecule has 1 saturated carbocycles. The normalized spacial score (nSPS) is 34.9. The van der Waals surface area contributed by atoms with Crippen LogP contribution in [0.25, 0.3) is 0 Å². The van der Waals surface area contributed by atoms with Gasteiger partial charge in [0, 0.05) is 1.43 Å². The molecule has 3 heteroatoms. The first kappa shape index (κ1) is 10.5. The molecule has 1 fully saturated rings. The van der Waals surface area contributed by atoms with Crippen molar-refractivity contribution in [2.75, 3.05) is 0 Å². The average molecular weight is 188 g/mol. The third kappa shape index (κ3) is 2.21. The Morgan fingerprint density at radius 1 is 1.46 bits per heavy atom. The van der Waals surface area contributed by atoms with Crippen molar-refractivity contribution in [1.29, 1.82) is 0 Å². The smallest absolute Gasteiger partial charge is 0.306 e. The summed E-state index contributed by atoms with van der Waals surface area (Å²) in [6, 6.07) is 0. The van der Waals surface area contributed by atoms with E-state index in [9.17, 15) is 9.90 Å². The predicted molar refractivity (Wildman–Crippen MR) is 51.5 cm³/mol. The largest absolute Gasteiger partial charge is 0.481 e. The lowest BCUT2D eigenvalue weighted by molar-refractivity contribution is -0.145. The minimum Gasteiger partial charge on any atom is -0.481 e. The van der Waals surface area contributed by atoms with Crippen LogP contribution in [0, 0.1) is 11.8 Å². The van der Waals surface area contributed by atoms with Gasteiger partial charge in [-0.2, -0.15) is 0 Å². The van der Waals surface area contributed by atoms with Crippen LogP contribution in [0.2, 0.25) is 0 Å². The molecule has 0 aromatic rings. The maximum absolute atomic E-state index is 10.7. The average Bonchev–Trinajstić information content (AvgIpc) is 2.04. The van der Waals surface area contributed by atoms with Crippen molar-refractivity contribution in [3.63, 3.8) is 0 Å². The Hall–Kier alpha value is -0.570. The molecular formula is C10H20O3. The van der Waals surface area contributed by atoms with Gasteiger partial charge in [0.15, 0.2) is 0 Å². The van der Waals surface area contributed by atoms with Crippen LogP contribution in [-0.2, 0) is 4.79 Å². The zero-order chi connectivity index (χ0) is 10.1. The number of aliphatic hydroxyl groups is 1. The van der Waals surface area contributed by atoms with Gasteiger partial charge in [0.2, 0.25) is 0 Å². The highest BCUT2D eigenvalue weighted by atomic mass is 16.4. The van der Waals surface area contributed by atoms with Crippen molar-refractivity contribution in [3.05, 3.63) is 0 Å². The van der Waals surface area contributed by atoms with E-state index in [1.54, 1.807) is 0 Å². The van der Waals surface area contributed by atoms with Gasteiger partial charge in [0.25, 0.3) is 0 Å². The van der Waals surface area contributed by atoms with Crippen LogP contribution in [0.1, 0.15) is 41.0 Å². The Morgan fingerprint density at radius 3 is 2.23 bits per heavy atom. The molecular weight excluding hydrogens is 168 g/mol. The van der Waals surface area contributed by atoms with Crippen molar-refractivity contribution in [2.45, 2.75) is 45.1 Å². The highest BCUT2D eigenvalue weighted by molar-refractivity contribution is 5.70. The van der Waals surface area contributed by atoms with E-state index >= 15 is 0 Å². The number of carboxylic acid groups (broad SMARTS) is 1. The summed E-state index contributed by atoms with van der Waals surface area (Å²) < 4.78 is 0. The van der Waals surface area contributed by atoms with Crippen LogP contribution in [-0.4, -0.2) is 21.8 Å². The lowest BCUT2D eigenvalue weighted by Gasteiger charge is -2.37. The fourth-order valence-electron chi connectivity index (χ4n) is 1.94. The van der Waals surface area contributed by atoms with Crippen LogP contribution >= 0.6 is 0 Å². The Bertz CT molecular complexity index is 196. The van der Waals surface area contributed by atoms with E-state index in [0.717, 1.165) is 0 Å². The summed E-state index contributed by atoms with van der Waals surface area (Å²) >= 11 is 0. The molecule has 78 valence electrons. The summed E-state index contributed by atoms with van der Waals surface area (Å²) in [4.78, 5) is 10.7. The summed E-state index contributed by atoms with van der Waals surface area (Å²) in [5, 5.41) is 18.8. The van der Waals surface area contributed by atoms with Crippen molar-refractivity contribution in [3.8, 4) is 0 Å². The van der Waals surface area contributed by atoms with Crippen LogP contribution in [0.5, 0.6) is 0 Å². The van der Waals surface area contributed by atoms with Crippen molar-refractivity contribution in [2.24, 2.45) is 11.8 Å². The van der Waals surface area contributed by atoms with Gasteiger partial charge < -0.3 is 10.2 Å². The molecule has 13 heavy (non-hydrogen) atoms. The van der Waals surface area contributed by atoms with E-state index < -0.39 is 11.6 Å². The summed E-state index contributed by atoms with van der Waals surface area (Å²) in [5.74, 6) is -0.730. The summed E-state index contributed by atoms with van der Waals surface area (Å²) in [7, 11) is 0. The molecule has 0 saturated heterocycles. The zero-order valence-corrected chi connectivity index (χ0v) is 8.29. The molecule has 1 rings (SSSR count). The molecule has 0 atom stereocenters. The van der Waals surface area contributed by atoms with Gasteiger partial charge in [-0.05, 0) is 31.6 Å². The molecule has 0 radical (unpaired) electrons. The second kappa shape index (κ2) is 3.66. The van der Waals surface area contributed by atoms with Crippen molar-refractivity contribution < 1.29 is 16.4 Å². The minimum atomic E-state index is -0.717. The number of aliphatic carboxylic acids is 1. The Morgan fingerprint density at radius 2 is 1.92 bits per heavy atom. The van der Waals surface area contributed by atoms with Crippen LogP contribution in [0.4, 0.5) is 0 Å². The Kier molecular flexibility index (Phi) is 2.96. The van der Waals surface area contributed by atoms with Crippen LogP contribution < -0.4 is 0 Å². The van der Waals surface area contributed by atoms with E-state index in [2.05, 4.69) is 0 Å². The molecule has 0 unspecified atom stereocenters. The molecule has 0 spiro atoms. The van der Waals surface area contributed by atoms with Gasteiger partial charge >= 0.3 is 5.97 Å². The molecule has 0 aromatic heterocycles. The molecule has 0 aliphatic heterocycles. The SMILES string of the molecule is CC(C)C1(O)CCC(C(=O)O)CC1.[HH]. The molecule has 0 bridgehead atoms. The van der Waals surface area contributed by atoms with E-state index in [-0.39, 0.29) is 13.3 Å². The second-order valence-electron chi connectivity index (χ2n) is 4.37. The van der Waals surface area contributed by atoms with Gasteiger partial charge in [-0.15, -0.1) is 0 Å². The number of carbonyl (C=O) groups is 1. The van der Waals surface area contributed by atoms with Gasteiger partial charge in [-0.3, -0.25) is 4.79 Å². The predicted octanol–water partition coefficient (Wildman–Crippen LogP) is 1.89. The standard InChI is InChI=1S/C10H18O3.H2/c1-7(2)10(13)5-3-8(4-6-10)9(11)12;/h7-8,13H,3-6H2,1-2H3,(H,11,12);1H. The lowest BCUT2D eigenvalue weighted by Crippen LogP contribution is -2.40. The number of carboxylic acids is 1. The molecule has 0 heterocycles. The zero-order valence-electron chi connectivity index (χ0n) is 8.29. The molecule has 0 aromatic carbocycles. The number of hydrogen-bond donors (Lipinski definition) is 2. The Labute approximate surface area is 80.3 Å². The van der Waals surface area contributed by atoms with Gasteiger partial charge in [0.05, 0.1) is 11.5 Å². The van der Waals surface area contributed by atoms with Crippen molar-refractivity contribution >= 4 is 5.97 Å². The van der Waals surface area contributed by atoms with Crippen LogP contribution in [0.15, 0.2) is 0 Å². The first-order chi connectivity index (χ1) is 5.96.